The Kier molecular flexibility index (Phi) is 7.16. The molecule has 0 aliphatic carbocycles. The number of aromatic nitrogens is 3. The summed E-state index contributed by atoms with van der Waals surface area (Å²) < 4.78 is 13.5. The smallest absolute Gasteiger partial charge is 0.164 e. The van der Waals surface area contributed by atoms with E-state index in [1.807, 2.05) is 42.5 Å². The Morgan fingerprint density at radius 2 is 0.690 bits per heavy atom. The van der Waals surface area contributed by atoms with Crippen LogP contribution in [-0.2, 0) is 0 Å². The first-order chi connectivity index (χ1) is 28.7. The summed E-state index contributed by atoms with van der Waals surface area (Å²) in [5.74, 6) is 1.71. The van der Waals surface area contributed by atoms with Gasteiger partial charge in [-0.05, 0) is 69.4 Å². The molecule has 12 aromatic rings. The zero-order chi connectivity index (χ0) is 38.2. The predicted molar refractivity (Wildman–Crippen MR) is 237 cm³/mol. The molecule has 0 atom stereocenters. The molecule has 5 nitrogen and oxygen atoms in total. The van der Waals surface area contributed by atoms with Crippen LogP contribution >= 0.6 is 0 Å². The Labute approximate surface area is 332 Å². The van der Waals surface area contributed by atoms with Crippen LogP contribution in [0.1, 0.15) is 0 Å². The third kappa shape index (κ3) is 5.14. The van der Waals surface area contributed by atoms with Crippen molar-refractivity contribution in [1.29, 1.82) is 0 Å². The van der Waals surface area contributed by atoms with Crippen LogP contribution in [0.25, 0.3) is 122 Å². The van der Waals surface area contributed by atoms with Crippen molar-refractivity contribution >= 4 is 65.4 Å². The Bertz CT molecular complexity index is 3340. The fourth-order valence-electron chi connectivity index (χ4n) is 8.53. The molecule has 0 aliphatic heterocycles. The topological polar surface area (TPSA) is 65.0 Å². The zero-order valence-corrected chi connectivity index (χ0v) is 31.1. The fraction of sp³-hybridized carbons (Fsp3) is 0. The van der Waals surface area contributed by atoms with E-state index >= 15 is 0 Å². The maximum absolute atomic E-state index is 6.76. The first-order valence-corrected chi connectivity index (χ1v) is 19.4. The molecule has 0 fully saturated rings. The quantitative estimate of drug-likeness (QED) is 0.176. The van der Waals surface area contributed by atoms with Gasteiger partial charge in [0.25, 0.3) is 0 Å². The number of hydrogen-bond donors (Lipinski definition) is 0. The van der Waals surface area contributed by atoms with Crippen molar-refractivity contribution in [3.8, 4) is 56.4 Å². The van der Waals surface area contributed by atoms with Gasteiger partial charge in [0.2, 0.25) is 0 Å². The summed E-state index contributed by atoms with van der Waals surface area (Å²) in [5.41, 5.74) is 10.4. The predicted octanol–water partition coefficient (Wildman–Crippen LogP) is 14.3. The Morgan fingerprint density at radius 3 is 1.16 bits per heavy atom. The molecular formula is C53H31N3O2. The van der Waals surface area contributed by atoms with Crippen LogP contribution in [0.3, 0.4) is 0 Å². The van der Waals surface area contributed by atoms with Gasteiger partial charge in [-0.2, -0.15) is 0 Å². The zero-order valence-electron chi connectivity index (χ0n) is 31.1. The number of rotatable bonds is 5. The van der Waals surface area contributed by atoms with Crippen molar-refractivity contribution in [2.75, 3.05) is 0 Å². The summed E-state index contributed by atoms with van der Waals surface area (Å²) in [7, 11) is 0. The SMILES string of the molecule is c1ccc(-c2ccc3oc4c5ccccc5cc(-c5nc(-c6ccccc6)nc(-c6cc7ccccc7c7oc8ccc(-c9ccccc9)cc8c67)n5)c4c3c2)cc1. The largest absolute Gasteiger partial charge is 0.455 e. The lowest BCUT2D eigenvalue weighted by molar-refractivity contribution is 0.672. The van der Waals surface area contributed by atoms with Gasteiger partial charge in [0.05, 0.1) is 0 Å². The molecule has 270 valence electrons. The van der Waals surface area contributed by atoms with Gasteiger partial charge in [0.15, 0.2) is 17.5 Å². The first kappa shape index (κ1) is 32.4. The average Bonchev–Trinajstić information content (AvgIpc) is 3.88. The molecule has 3 aromatic heterocycles. The number of furan rings is 2. The molecule has 0 unspecified atom stereocenters. The molecule has 0 bridgehead atoms. The molecule has 9 aromatic carbocycles. The molecule has 12 rings (SSSR count). The molecule has 0 N–H and O–H groups in total. The minimum Gasteiger partial charge on any atom is -0.455 e. The summed E-state index contributed by atoms with van der Waals surface area (Å²) in [4.78, 5) is 16.0. The van der Waals surface area contributed by atoms with Crippen LogP contribution in [-0.4, -0.2) is 15.0 Å². The van der Waals surface area contributed by atoms with E-state index in [0.29, 0.717) is 17.5 Å². The summed E-state index contributed by atoms with van der Waals surface area (Å²) in [6.07, 6.45) is 0. The van der Waals surface area contributed by atoms with Gasteiger partial charge in [-0.3, -0.25) is 0 Å². The third-order valence-corrected chi connectivity index (χ3v) is 11.3. The highest BCUT2D eigenvalue weighted by molar-refractivity contribution is 6.23. The van der Waals surface area contributed by atoms with Crippen LogP contribution in [0.5, 0.6) is 0 Å². The van der Waals surface area contributed by atoms with Crippen LogP contribution in [0.15, 0.2) is 197 Å². The van der Waals surface area contributed by atoms with Crippen LogP contribution in [0.4, 0.5) is 0 Å². The maximum Gasteiger partial charge on any atom is 0.164 e. The van der Waals surface area contributed by atoms with Gasteiger partial charge in [-0.15, -0.1) is 0 Å². The van der Waals surface area contributed by atoms with E-state index in [9.17, 15) is 0 Å². The third-order valence-electron chi connectivity index (χ3n) is 11.3. The molecule has 0 radical (unpaired) electrons. The van der Waals surface area contributed by atoms with Crippen molar-refractivity contribution in [2.45, 2.75) is 0 Å². The van der Waals surface area contributed by atoms with E-state index in [-0.39, 0.29) is 0 Å². The molecular weight excluding hydrogens is 711 g/mol. The van der Waals surface area contributed by atoms with E-state index in [1.165, 1.54) is 0 Å². The molecule has 0 saturated carbocycles. The molecule has 3 heterocycles. The van der Waals surface area contributed by atoms with Crippen molar-refractivity contribution in [1.82, 2.24) is 15.0 Å². The highest BCUT2D eigenvalue weighted by Crippen LogP contribution is 2.45. The molecule has 58 heavy (non-hydrogen) atoms. The number of hydrogen-bond acceptors (Lipinski definition) is 5. The summed E-state index contributed by atoms with van der Waals surface area (Å²) in [6, 6.07) is 65.0. The number of fused-ring (bicyclic) bond motifs is 10. The van der Waals surface area contributed by atoms with E-state index < -0.39 is 0 Å². The fourth-order valence-corrected chi connectivity index (χ4v) is 8.53. The van der Waals surface area contributed by atoms with Gasteiger partial charge in [0.1, 0.15) is 22.3 Å². The number of nitrogens with zero attached hydrogens (tertiary/aromatic N) is 3. The van der Waals surface area contributed by atoms with E-state index in [1.54, 1.807) is 0 Å². The van der Waals surface area contributed by atoms with Gasteiger partial charge in [-0.1, -0.05) is 152 Å². The van der Waals surface area contributed by atoms with E-state index in [0.717, 1.165) is 104 Å². The second-order valence-electron chi connectivity index (χ2n) is 14.7. The molecule has 0 spiro atoms. The van der Waals surface area contributed by atoms with Crippen LogP contribution < -0.4 is 0 Å². The Morgan fingerprint density at radius 1 is 0.293 bits per heavy atom. The summed E-state index contributed by atoms with van der Waals surface area (Å²) in [5, 5.41) is 8.08. The van der Waals surface area contributed by atoms with Crippen molar-refractivity contribution < 1.29 is 8.83 Å². The van der Waals surface area contributed by atoms with E-state index in [4.69, 9.17) is 23.8 Å². The minimum atomic E-state index is 0.562. The van der Waals surface area contributed by atoms with Gasteiger partial charge < -0.3 is 8.83 Å². The molecule has 0 aliphatic rings. The number of benzene rings is 9. The normalized spacial score (nSPS) is 11.8. The summed E-state index contributed by atoms with van der Waals surface area (Å²) >= 11 is 0. The standard InChI is InChI=1S/C53H31N3O2/c1-4-14-32(15-5-1)35-24-26-45-41(28-35)47-43(30-37-20-10-12-22-39(37)49(47)57-45)52-54-51(34-18-8-3-9-19-34)55-53(56-52)44-31-38-21-11-13-23-40(38)50-48(44)42-29-36(25-27-46(42)58-50)33-16-6-2-7-17-33/h1-31H. The molecule has 0 amide bonds. The van der Waals surface area contributed by atoms with Gasteiger partial charge in [0, 0.05) is 49.0 Å². The van der Waals surface area contributed by atoms with Crippen molar-refractivity contribution in [3.63, 3.8) is 0 Å². The molecule has 0 saturated heterocycles. The lowest BCUT2D eigenvalue weighted by atomic mass is 9.97. The Hall–Kier alpha value is -7.89. The van der Waals surface area contributed by atoms with Crippen LogP contribution in [0, 0.1) is 0 Å². The average molecular weight is 742 g/mol. The van der Waals surface area contributed by atoms with E-state index in [2.05, 4.69) is 146 Å². The van der Waals surface area contributed by atoms with Gasteiger partial charge >= 0.3 is 0 Å². The lowest BCUT2D eigenvalue weighted by Crippen LogP contribution is -2.01. The van der Waals surface area contributed by atoms with Crippen molar-refractivity contribution in [2.24, 2.45) is 0 Å². The highest BCUT2D eigenvalue weighted by Gasteiger charge is 2.23. The van der Waals surface area contributed by atoms with Crippen LogP contribution in [0.2, 0.25) is 0 Å². The summed E-state index contributed by atoms with van der Waals surface area (Å²) in [6.45, 7) is 0. The van der Waals surface area contributed by atoms with Crippen molar-refractivity contribution in [3.05, 3.63) is 188 Å². The molecule has 5 heteroatoms. The first-order valence-electron chi connectivity index (χ1n) is 19.4. The second kappa shape index (κ2) is 12.8. The second-order valence-corrected chi connectivity index (χ2v) is 14.7. The maximum atomic E-state index is 6.76. The monoisotopic (exact) mass is 741 g/mol. The highest BCUT2D eigenvalue weighted by atomic mass is 16.3. The Balaban J connectivity index is 1.19. The van der Waals surface area contributed by atoms with Gasteiger partial charge in [-0.25, -0.2) is 15.0 Å². The lowest BCUT2D eigenvalue weighted by Gasteiger charge is -2.12. The minimum absolute atomic E-state index is 0.562.